The Morgan fingerprint density at radius 3 is 2.50 bits per heavy atom. The predicted molar refractivity (Wildman–Crippen MR) is 64.1 cm³/mol. The van der Waals surface area contributed by atoms with E-state index >= 15 is 0 Å². The average Bonchev–Trinajstić information content (AvgIpc) is 2.35. The SMILES string of the molecule is OC(Cc1cc(F)ccc1F)C1(O)CCCCC1. The maximum Gasteiger partial charge on any atom is 0.126 e. The first kappa shape index (κ1) is 13.4. The fraction of sp³-hybridized carbons (Fsp3) is 0.571. The van der Waals surface area contributed by atoms with Crippen LogP contribution in [0.1, 0.15) is 37.7 Å². The van der Waals surface area contributed by atoms with Crippen molar-refractivity contribution in [3.8, 4) is 0 Å². The summed E-state index contributed by atoms with van der Waals surface area (Å²) in [5.74, 6) is -1.08. The molecule has 1 aromatic carbocycles. The topological polar surface area (TPSA) is 40.5 Å². The van der Waals surface area contributed by atoms with Gasteiger partial charge in [0.15, 0.2) is 0 Å². The molecule has 1 saturated carbocycles. The molecule has 0 bridgehead atoms. The number of halogens is 2. The van der Waals surface area contributed by atoms with E-state index in [-0.39, 0.29) is 12.0 Å². The number of aliphatic hydroxyl groups excluding tert-OH is 1. The van der Waals surface area contributed by atoms with Gasteiger partial charge in [0.25, 0.3) is 0 Å². The molecule has 0 spiro atoms. The Balaban J connectivity index is 2.10. The van der Waals surface area contributed by atoms with Crippen molar-refractivity contribution in [2.24, 2.45) is 0 Å². The Morgan fingerprint density at radius 1 is 1.17 bits per heavy atom. The van der Waals surface area contributed by atoms with Crippen LogP contribution in [0, 0.1) is 11.6 Å². The normalized spacial score (nSPS) is 20.7. The van der Waals surface area contributed by atoms with Crippen LogP contribution in [0.3, 0.4) is 0 Å². The summed E-state index contributed by atoms with van der Waals surface area (Å²) < 4.78 is 26.5. The zero-order chi connectivity index (χ0) is 13.2. The van der Waals surface area contributed by atoms with Crippen LogP contribution in [0.15, 0.2) is 18.2 Å². The quantitative estimate of drug-likeness (QED) is 0.872. The zero-order valence-electron chi connectivity index (χ0n) is 10.2. The highest BCUT2D eigenvalue weighted by Crippen LogP contribution is 2.32. The number of hydrogen-bond acceptors (Lipinski definition) is 2. The van der Waals surface area contributed by atoms with E-state index in [4.69, 9.17) is 0 Å². The van der Waals surface area contributed by atoms with Crippen molar-refractivity contribution < 1.29 is 19.0 Å². The molecule has 1 aliphatic carbocycles. The molecule has 1 atom stereocenters. The summed E-state index contributed by atoms with van der Waals surface area (Å²) in [7, 11) is 0. The highest BCUT2D eigenvalue weighted by atomic mass is 19.1. The van der Waals surface area contributed by atoms with Gasteiger partial charge in [-0.2, -0.15) is 0 Å². The molecule has 0 saturated heterocycles. The molecule has 1 unspecified atom stereocenters. The van der Waals surface area contributed by atoms with Gasteiger partial charge in [0, 0.05) is 6.42 Å². The number of rotatable bonds is 3. The maximum absolute atomic E-state index is 13.5. The predicted octanol–water partition coefficient (Wildman–Crippen LogP) is 2.56. The fourth-order valence-electron chi connectivity index (χ4n) is 2.60. The molecule has 4 heteroatoms. The Bertz CT molecular complexity index is 414. The number of benzene rings is 1. The van der Waals surface area contributed by atoms with Crippen LogP contribution in [0.4, 0.5) is 8.78 Å². The van der Waals surface area contributed by atoms with Crippen LogP contribution >= 0.6 is 0 Å². The third-order valence-corrected chi connectivity index (χ3v) is 3.76. The second kappa shape index (κ2) is 5.33. The molecule has 1 fully saturated rings. The number of aliphatic hydroxyl groups is 2. The molecule has 0 radical (unpaired) electrons. The molecule has 0 aliphatic heterocycles. The third kappa shape index (κ3) is 2.87. The van der Waals surface area contributed by atoms with Crippen molar-refractivity contribution in [2.75, 3.05) is 0 Å². The average molecular weight is 256 g/mol. The summed E-state index contributed by atoms with van der Waals surface area (Å²) in [5, 5.41) is 20.4. The smallest absolute Gasteiger partial charge is 0.126 e. The van der Waals surface area contributed by atoms with Gasteiger partial charge in [0.05, 0.1) is 11.7 Å². The van der Waals surface area contributed by atoms with Gasteiger partial charge in [-0.15, -0.1) is 0 Å². The molecule has 2 nitrogen and oxygen atoms in total. The van der Waals surface area contributed by atoms with Gasteiger partial charge < -0.3 is 10.2 Å². The minimum absolute atomic E-state index is 0.0555. The van der Waals surface area contributed by atoms with Crippen LogP contribution < -0.4 is 0 Å². The van der Waals surface area contributed by atoms with E-state index in [9.17, 15) is 19.0 Å². The van der Waals surface area contributed by atoms with Crippen molar-refractivity contribution >= 4 is 0 Å². The van der Waals surface area contributed by atoms with E-state index in [1.165, 1.54) is 0 Å². The lowest BCUT2D eigenvalue weighted by Gasteiger charge is -2.36. The monoisotopic (exact) mass is 256 g/mol. The minimum atomic E-state index is -1.16. The molecule has 1 aliphatic rings. The highest BCUT2D eigenvalue weighted by Gasteiger charge is 2.37. The zero-order valence-corrected chi connectivity index (χ0v) is 10.2. The first-order chi connectivity index (χ1) is 8.51. The van der Waals surface area contributed by atoms with Gasteiger partial charge in [0.1, 0.15) is 11.6 Å². The summed E-state index contributed by atoms with van der Waals surface area (Å²) in [4.78, 5) is 0. The Hall–Kier alpha value is -1.00. The molecule has 0 amide bonds. The van der Waals surface area contributed by atoms with Crippen molar-refractivity contribution in [1.82, 2.24) is 0 Å². The van der Waals surface area contributed by atoms with Crippen LogP contribution in [0.2, 0.25) is 0 Å². The van der Waals surface area contributed by atoms with E-state index in [2.05, 4.69) is 0 Å². The van der Waals surface area contributed by atoms with E-state index in [1.807, 2.05) is 0 Å². The third-order valence-electron chi connectivity index (χ3n) is 3.76. The second-order valence-corrected chi connectivity index (χ2v) is 5.12. The molecule has 100 valence electrons. The van der Waals surface area contributed by atoms with E-state index in [1.54, 1.807) is 0 Å². The molecule has 1 aromatic rings. The van der Waals surface area contributed by atoms with Crippen LogP contribution in [0.5, 0.6) is 0 Å². The lowest BCUT2D eigenvalue weighted by molar-refractivity contribution is -0.0963. The molecular formula is C14H18F2O2. The van der Waals surface area contributed by atoms with Gasteiger partial charge in [-0.05, 0) is 36.6 Å². The molecule has 2 N–H and O–H groups in total. The van der Waals surface area contributed by atoms with Crippen LogP contribution in [-0.2, 0) is 6.42 Å². The van der Waals surface area contributed by atoms with E-state index in [0.717, 1.165) is 37.5 Å². The molecule has 2 rings (SSSR count). The molecule has 0 aromatic heterocycles. The van der Waals surface area contributed by atoms with Crippen LogP contribution in [0.25, 0.3) is 0 Å². The number of hydrogen-bond donors (Lipinski definition) is 2. The second-order valence-electron chi connectivity index (χ2n) is 5.12. The molecular weight excluding hydrogens is 238 g/mol. The first-order valence-corrected chi connectivity index (χ1v) is 6.36. The molecule has 18 heavy (non-hydrogen) atoms. The first-order valence-electron chi connectivity index (χ1n) is 6.36. The highest BCUT2D eigenvalue weighted by molar-refractivity contribution is 5.20. The Labute approximate surface area is 105 Å². The van der Waals surface area contributed by atoms with Gasteiger partial charge in [-0.25, -0.2) is 8.78 Å². The van der Waals surface area contributed by atoms with Gasteiger partial charge in [0.2, 0.25) is 0 Å². The summed E-state index contributed by atoms with van der Waals surface area (Å²) in [6.45, 7) is 0. The lowest BCUT2D eigenvalue weighted by atomic mass is 9.79. The van der Waals surface area contributed by atoms with Crippen molar-refractivity contribution in [2.45, 2.75) is 50.2 Å². The summed E-state index contributed by atoms with van der Waals surface area (Å²) >= 11 is 0. The minimum Gasteiger partial charge on any atom is -0.390 e. The lowest BCUT2D eigenvalue weighted by Crippen LogP contribution is -2.45. The van der Waals surface area contributed by atoms with Crippen molar-refractivity contribution in [1.29, 1.82) is 0 Å². The molecule has 0 heterocycles. The largest absolute Gasteiger partial charge is 0.390 e. The van der Waals surface area contributed by atoms with Gasteiger partial charge >= 0.3 is 0 Å². The Kier molecular flexibility index (Phi) is 3.97. The van der Waals surface area contributed by atoms with E-state index < -0.39 is 23.3 Å². The fourth-order valence-corrected chi connectivity index (χ4v) is 2.60. The van der Waals surface area contributed by atoms with Gasteiger partial charge in [-0.1, -0.05) is 19.3 Å². The van der Waals surface area contributed by atoms with E-state index in [0.29, 0.717) is 12.8 Å². The van der Waals surface area contributed by atoms with Gasteiger partial charge in [-0.3, -0.25) is 0 Å². The van der Waals surface area contributed by atoms with Crippen molar-refractivity contribution in [3.05, 3.63) is 35.4 Å². The standard InChI is InChI=1S/C14H18F2O2/c15-11-4-5-12(16)10(8-11)9-13(17)14(18)6-2-1-3-7-14/h4-5,8,13,17-18H,1-3,6-7,9H2. The Morgan fingerprint density at radius 2 is 1.83 bits per heavy atom. The van der Waals surface area contributed by atoms with Crippen molar-refractivity contribution in [3.63, 3.8) is 0 Å². The van der Waals surface area contributed by atoms with Crippen LogP contribution in [-0.4, -0.2) is 21.9 Å². The summed E-state index contributed by atoms with van der Waals surface area (Å²) in [5.41, 5.74) is -1.04. The summed E-state index contributed by atoms with van der Waals surface area (Å²) in [6, 6.07) is 3.16. The summed E-state index contributed by atoms with van der Waals surface area (Å²) in [6.07, 6.45) is 2.70. The maximum atomic E-state index is 13.5.